The van der Waals surface area contributed by atoms with Gasteiger partial charge in [-0.3, -0.25) is 4.79 Å². The Hall–Kier alpha value is -0.0586. The SMILES string of the molecule is O=Cc1cccc2ccccc12.[Ba+2].[H-].[H-]. The minimum Gasteiger partial charge on any atom is -1.00 e. The first kappa shape index (κ1) is 11.0. The summed E-state index contributed by atoms with van der Waals surface area (Å²) in [5.41, 5.74) is 0.758. The Morgan fingerprint density at radius 3 is 2.46 bits per heavy atom. The Bertz CT molecular complexity index is 426. The van der Waals surface area contributed by atoms with Crippen LogP contribution >= 0.6 is 0 Å². The van der Waals surface area contributed by atoms with E-state index >= 15 is 0 Å². The van der Waals surface area contributed by atoms with Crippen LogP contribution in [0.25, 0.3) is 10.8 Å². The fourth-order valence-electron chi connectivity index (χ4n) is 1.35. The average Bonchev–Trinajstić information content (AvgIpc) is 2.17. The average molecular weight is 296 g/mol. The second kappa shape index (κ2) is 4.98. The van der Waals surface area contributed by atoms with Crippen LogP contribution in [0.4, 0.5) is 0 Å². The molecule has 0 aliphatic carbocycles. The molecule has 0 spiro atoms. The zero-order chi connectivity index (χ0) is 8.39. The summed E-state index contributed by atoms with van der Waals surface area (Å²) < 4.78 is 0. The number of hydrogen-bond donors (Lipinski definition) is 0. The van der Waals surface area contributed by atoms with Gasteiger partial charge in [0.25, 0.3) is 0 Å². The van der Waals surface area contributed by atoms with Crippen molar-refractivity contribution in [3.8, 4) is 0 Å². The van der Waals surface area contributed by atoms with E-state index in [0.29, 0.717) is 0 Å². The summed E-state index contributed by atoms with van der Waals surface area (Å²) in [6.45, 7) is 0. The number of fused-ring (bicyclic) bond motifs is 1. The van der Waals surface area contributed by atoms with E-state index in [2.05, 4.69) is 0 Å². The molecule has 0 aliphatic rings. The van der Waals surface area contributed by atoms with Crippen LogP contribution in [0.1, 0.15) is 13.2 Å². The van der Waals surface area contributed by atoms with Crippen LogP contribution in [0.15, 0.2) is 42.5 Å². The molecule has 0 unspecified atom stereocenters. The minimum absolute atomic E-state index is 0. The molecule has 2 rings (SSSR count). The van der Waals surface area contributed by atoms with Crippen LogP contribution in [0.3, 0.4) is 0 Å². The zero-order valence-corrected chi connectivity index (χ0v) is 11.7. The summed E-state index contributed by atoms with van der Waals surface area (Å²) in [4.78, 5) is 10.6. The van der Waals surface area contributed by atoms with Crippen molar-refractivity contribution in [2.45, 2.75) is 0 Å². The summed E-state index contributed by atoms with van der Waals surface area (Å²) in [5.74, 6) is 0. The van der Waals surface area contributed by atoms with Crippen molar-refractivity contribution in [2.24, 2.45) is 0 Å². The molecular weight excluding hydrogens is 285 g/mol. The van der Waals surface area contributed by atoms with Crippen LogP contribution in [0.5, 0.6) is 0 Å². The molecular formula is C11H10BaO. The van der Waals surface area contributed by atoms with Gasteiger partial charge in [0.2, 0.25) is 0 Å². The molecule has 0 aliphatic heterocycles. The second-order valence-corrected chi connectivity index (χ2v) is 2.69. The monoisotopic (exact) mass is 296 g/mol. The molecule has 0 N–H and O–H groups in total. The molecule has 0 atom stereocenters. The largest absolute Gasteiger partial charge is 2.00 e. The fraction of sp³-hybridized carbons (Fsp3) is 0. The fourth-order valence-corrected chi connectivity index (χ4v) is 1.35. The summed E-state index contributed by atoms with van der Waals surface area (Å²) >= 11 is 0. The Morgan fingerprint density at radius 1 is 1.00 bits per heavy atom. The summed E-state index contributed by atoms with van der Waals surface area (Å²) in [6, 6.07) is 13.6. The number of hydrogen-bond acceptors (Lipinski definition) is 1. The molecule has 2 aromatic rings. The van der Waals surface area contributed by atoms with Crippen molar-refractivity contribution in [1.82, 2.24) is 0 Å². The van der Waals surface area contributed by atoms with E-state index in [1.54, 1.807) is 0 Å². The molecule has 0 bridgehead atoms. The third-order valence-corrected chi connectivity index (χ3v) is 1.95. The quantitative estimate of drug-likeness (QED) is 0.583. The van der Waals surface area contributed by atoms with E-state index in [0.717, 1.165) is 22.6 Å². The van der Waals surface area contributed by atoms with Crippen molar-refractivity contribution in [1.29, 1.82) is 0 Å². The predicted octanol–water partition coefficient (Wildman–Crippen LogP) is 2.50. The molecule has 0 saturated heterocycles. The van der Waals surface area contributed by atoms with Gasteiger partial charge in [-0.15, -0.1) is 0 Å². The van der Waals surface area contributed by atoms with E-state index in [9.17, 15) is 4.79 Å². The molecule has 0 aromatic heterocycles. The molecule has 62 valence electrons. The second-order valence-electron chi connectivity index (χ2n) is 2.69. The van der Waals surface area contributed by atoms with Crippen molar-refractivity contribution in [3.63, 3.8) is 0 Å². The van der Waals surface area contributed by atoms with E-state index in [-0.39, 0.29) is 51.7 Å². The third kappa shape index (κ3) is 2.24. The van der Waals surface area contributed by atoms with Crippen molar-refractivity contribution >= 4 is 65.9 Å². The van der Waals surface area contributed by atoms with Crippen molar-refractivity contribution < 1.29 is 7.65 Å². The Morgan fingerprint density at radius 2 is 1.69 bits per heavy atom. The number of carbonyl (C=O) groups is 1. The van der Waals surface area contributed by atoms with Crippen LogP contribution in [-0.4, -0.2) is 55.2 Å². The number of rotatable bonds is 1. The first-order valence-electron chi connectivity index (χ1n) is 3.85. The maximum atomic E-state index is 10.6. The summed E-state index contributed by atoms with van der Waals surface area (Å²) in [5, 5.41) is 2.14. The Kier molecular flexibility index (Phi) is 4.22. The van der Waals surface area contributed by atoms with Crippen LogP contribution in [-0.2, 0) is 0 Å². The van der Waals surface area contributed by atoms with Crippen LogP contribution in [0.2, 0.25) is 0 Å². The summed E-state index contributed by atoms with van der Waals surface area (Å²) in [7, 11) is 0. The molecule has 1 nitrogen and oxygen atoms in total. The topological polar surface area (TPSA) is 17.1 Å². The normalized spacial score (nSPS) is 9.23. The van der Waals surface area contributed by atoms with Gasteiger partial charge in [-0.25, -0.2) is 0 Å². The Labute approximate surface area is 120 Å². The molecule has 0 radical (unpaired) electrons. The maximum Gasteiger partial charge on any atom is 2.00 e. The number of benzene rings is 2. The van der Waals surface area contributed by atoms with Gasteiger partial charge in [0.15, 0.2) is 6.29 Å². The Balaban J connectivity index is 0. The molecule has 13 heavy (non-hydrogen) atoms. The van der Waals surface area contributed by atoms with E-state index < -0.39 is 0 Å². The van der Waals surface area contributed by atoms with Gasteiger partial charge in [0, 0.05) is 5.56 Å². The van der Waals surface area contributed by atoms with E-state index in [4.69, 9.17) is 0 Å². The van der Waals surface area contributed by atoms with Crippen LogP contribution in [0, 0.1) is 0 Å². The van der Waals surface area contributed by atoms with Gasteiger partial charge in [0.05, 0.1) is 0 Å². The molecule has 2 heteroatoms. The molecule has 2 aromatic carbocycles. The third-order valence-electron chi connectivity index (χ3n) is 1.95. The first-order valence-corrected chi connectivity index (χ1v) is 3.85. The van der Waals surface area contributed by atoms with Gasteiger partial charge in [-0.2, -0.15) is 0 Å². The van der Waals surface area contributed by atoms with Gasteiger partial charge < -0.3 is 2.85 Å². The van der Waals surface area contributed by atoms with Gasteiger partial charge in [-0.1, -0.05) is 42.5 Å². The summed E-state index contributed by atoms with van der Waals surface area (Å²) in [6.07, 6.45) is 0.891. The molecule has 0 amide bonds. The molecule has 0 heterocycles. The van der Waals surface area contributed by atoms with E-state index in [1.807, 2.05) is 42.5 Å². The first-order chi connectivity index (χ1) is 5.92. The van der Waals surface area contributed by atoms with Gasteiger partial charge >= 0.3 is 48.9 Å². The minimum atomic E-state index is 0. The van der Waals surface area contributed by atoms with E-state index in [1.165, 1.54) is 0 Å². The predicted molar refractivity (Wildman–Crippen MR) is 57.3 cm³/mol. The van der Waals surface area contributed by atoms with Crippen molar-refractivity contribution in [2.75, 3.05) is 0 Å². The molecule has 0 saturated carbocycles. The van der Waals surface area contributed by atoms with Gasteiger partial charge in [-0.05, 0) is 10.8 Å². The standard InChI is InChI=1S/C11H8O.Ba.2H/c12-8-10-6-3-5-9-4-1-2-7-11(9)10;;;/h1-8H;;;/q;+2;2*-1. The zero-order valence-electron chi connectivity index (χ0n) is 9.23. The molecule has 0 fully saturated rings. The smallest absolute Gasteiger partial charge is 1.00 e. The van der Waals surface area contributed by atoms with Crippen LogP contribution < -0.4 is 0 Å². The van der Waals surface area contributed by atoms with Crippen molar-refractivity contribution in [3.05, 3.63) is 48.0 Å². The number of carbonyl (C=O) groups excluding carboxylic acids is 1. The van der Waals surface area contributed by atoms with Gasteiger partial charge in [0.1, 0.15) is 0 Å². The number of aldehydes is 1. The maximum absolute atomic E-state index is 10.6.